The number of nitrogens with zero attached hydrogens (tertiary/aromatic N) is 2. The van der Waals surface area contributed by atoms with Crippen molar-refractivity contribution >= 4 is 5.91 Å². The SMILES string of the molecule is O=C(C1CCCC1)N1CCC(Oc2cc(C(F)(F)F)ccn2)C1. The van der Waals surface area contributed by atoms with Crippen molar-refractivity contribution in [2.75, 3.05) is 13.1 Å². The first-order valence-corrected chi connectivity index (χ1v) is 7.92. The number of alkyl halides is 3. The zero-order chi connectivity index (χ0) is 16.4. The van der Waals surface area contributed by atoms with Gasteiger partial charge in [0.2, 0.25) is 11.8 Å². The Morgan fingerprint density at radius 1 is 1.26 bits per heavy atom. The summed E-state index contributed by atoms with van der Waals surface area (Å²) in [6.45, 7) is 1.02. The van der Waals surface area contributed by atoms with E-state index >= 15 is 0 Å². The Labute approximate surface area is 132 Å². The summed E-state index contributed by atoms with van der Waals surface area (Å²) in [6.07, 6.45) is 1.07. The van der Waals surface area contributed by atoms with Gasteiger partial charge in [-0.3, -0.25) is 4.79 Å². The lowest BCUT2D eigenvalue weighted by molar-refractivity contribution is -0.137. The molecule has 126 valence electrons. The summed E-state index contributed by atoms with van der Waals surface area (Å²) in [5, 5.41) is 0. The standard InChI is InChI=1S/C16H19F3N2O2/c17-16(18,19)12-5-7-20-14(9-12)23-13-6-8-21(10-13)15(22)11-3-1-2-4-11/h5,7,9,11,13H,1-4,6,8,10H2. The summed E-state index contributed by atoms with van der Waals surface area (Å²) < 4.78 is 43.6. The van der Waals surface area contributed by atoms with E-state index < -0.39 is 11.7 Å². The predicted octanol–water partition coefficient (Wildman–Crippen LogP) is 3.27. The van der Waals surface area contributed by atoms with Crippen LogP contribution < -0.4 is 4.74 Å². The van der Waals surface area contributed by atoms with Gasteiger partial charge in [0.25, 0.3) is 0 Å². The van der Waals surface area contributed by atoms with Gasteiger partial charge in [-0.05, 0) is 18.9 Å². The van der Waals surface area contributed by atoms with Crippen LogP contribution in [-0.4, -0.2) is 35.0 Å². The molecule has 2 fully saturated rings. The first-order valence-electron chi connectivity index (χ1n) is 7.92. The van der Waals surface area contributed by atoms with Crippen LogP contribution in [0.25, 0.3) is 0 Å². The number of hydrogen-bond donors (Lipinski definition) is 0. The molecular formula is C16H19F3N2O2. The molecule has 1 unspecified atom stereocenters. The Bertz CT molecular complexity index is 571. The second kappa shape index (κ2) is 6.37. The van der Waals surface area contributed by atoms with E-state index in [1.165, 1.54) is 0 Å². The Morgan fingerprint density at radius 3 is 2.70 bits per heavy atom. The van der Waals surface area contributed by atoms with E-state index in [9.17, 15) is 18.0 Å². The van der Waals surface area contributed by atoms with E-state index in [0.717, 1.165) is 44.0 Å². The van der Waals surface area contributed by atoms with Gasteiger partial charge in [-0.15, -0.1) is 0 Å². The van der Waals surface area contributed by atoms with E-state index in [0.29, 0.717) is 19.5 Å². The molecule has 23 heavy (non-hydrogen) atoms. The molecule has 0 aromatic carbocycles. The van der Waals surface area contributed by atoms with E-state index in [1.807, 2.05) is 0 Å². The Balaban J connectivity index is 1.58. The summed E-state index contributed by atoms with van der Waals surface area (Å²) >= 11 is 0. The van der Waals surface area contributed by atoms with Crippen LogP contribution in [-0.2, 0) is 11.0 Å². The summed E-state index contributed by atoms with van der Waals surface area (Å²) in [6, 6.07) is 1.82. The highest BCUT2D eigenvalue weighted by molar-refractivity contribution is 5.79. The van der Waals surface area contributed by atoms with Crippen molar-refractivity contribution < 1.29 is 22.7 Å². The van der Waals surface area contributed by atoms with Crippen LogP contribution in [0.5, 0.6) is 5.88 Å². The largest absolute Gasteiger partial charge is 0.472 e. The van der Waals surface area contributed by atoms with Crippen LogP contribution in [0.4, 0.5) is 13.2 Å². The van der Waals surface area contributed by atoms with Crippen molar-refractivity contribution in [3.8, 4) is 5.88 Å². The molecule has 2 aliphatic rings. The van der Waals surface area contributed by atoms with Gasteiger partial charge in [-0.2, -0.15) is 13.2 Å². The van der Waals surface area contributed by atoms with Gasteiger partial charge in [0.1, 0.15) is 6.10 Å². The van der Waals surface area contributed by atoms with Crippen molar-refractivity contribution in [2.24, 2.45) is 5.92 Å². The quantitative estimate of drug-likeness (QED) is 0.855. The molecular weight excluding hydrogens is 309 g/mol. The molecule has 0 bridgehead atoms. The Hall–Kier alpha value is -1.79. The number of hydrogen-bond acceptors (Lipinski definition) is 3. The van der Waals surface area contributed by atoms with Crippen molar-refractivity contribution in [3.05, 3.63) is 23.9 Å². The second-order valence-corrected chi connectivity index (χ2v) is 6.17. The molecule has 1 aromatic rings. The molecule has 1 aliphatic carbocycles. The van der Waals surface area contributed by atoms with E-state index in [-0.39, 0.29) is 23.8 Å². The van der Waals surface area contributed by atoms with Crippen molar-refractivity contribution in [1.82, 2.24) is 9.88 Å². The molecule has 0 radical (unpaired) electrons. The van der Waals surface area contributed by atoms with Crippen LogP contribution in [0.2, 0.25) is 0 Å². The van der Waals surface area contributed by atoms with Gasteiger partial charge in [-0.1, -0.05) is 12.8 Å². The Morgan fingerprint density at radius 2 is 2.00 bits per heavy atom. The summed E-state index contributed by atoms with van der Waals surface area (Å²) in [4.78, 5) is 17.9. The number of likely N-dealkylation sites (tertiary alicyclic amines) is 1. The van der Waals surface area contributed by atoms with Crippen LogP contribution in [0.3, 0.4) is 0 Å². The number of ether oxygens (including phenoxy) is 1. The second-order valence-electron chi connectivity index (χ2n) is 6.17. The average Bonchev–Trinajstić information content (AvgIpc) is 3.17. The smallest absolute Gasteiger partial charge is 0.416 e. The summed E-state index contributed by atoms with van der Waals surface area (Å²) in [7, 11) is 0. The number of rotatable bonds is 3. The maximum absolute atomic E-state index is 12.7. The lowest BCUT2D eigenvalue weighted by atomic mass is 10.1. The number of halogens is 3. The fourth-order valence-electron chi connectivity index (χ4n) is 3.28. The molecule has 1 atom stereocenters. The highest BCUT2D eigenvalue weighted by Gasteiger charge is 2.34. The third kappa shape index (κ3) is 3.76. The molecule has 3 rings (SSSR count). The normalized spacial score (nSPS) is 22.6. The minimum absolute atomic E-state index is 0.0417. The van der Waals surface area contributed by atoms with Gasteiger partial charge in [-0.25, -0.2) is 4.98 Å². The highest BCUT2D eigenvalue weighted by Crippen LogP contribution is 2.31. The minimum atomic E-state index is -4.42. The molecule has 1 saturated carbocycles. The molecule has 1 amide bonds. The van der Waals surface area contributed by atoms with Gasteiger partial charge in [0.05, 0.1) is 12.1 Å². The van der Waals surface area contributed by atoms with Gasteiger partial charge < -0.3 is 9.64 Å². The van der Waals surface area contributed by atoms with Gasteiger partial charge >= 0.3 is 6.18 Å². The zero-order valence-electron chi connectivity index (χ0n) is 12.7. The number of pyridine rings is 1. The molecule has 1 saturated heterocycles. The fourth-order valence-corrected chi connectivity index (χ4v) is 3.28. The molecule has 1 aliphatic heterocycles. The van der Waals surface area contributed by atoms with Gasteiger partial charge in [0, 0.05) is 31.1 Å². The topological polar surface area (TPSA) is 42.4 Å². The Kier molecular flexibility index (Phi) is 4.46. The number of carbonyl (C=O) groups excluding carboxylic acids is 1. The maximum Gasteiger partial charge on any atom is 0.416 e. The molecule has 1 aromatic heterocycles. The molecule has 7 heteroatoms. The number of carbonyl (C=O) groups is 1. The van der Waals surface area contributed by atoms with Gasteiger partial charge in [0.15, 0.2) is 0 Å². The van der Waals surface area contributed by atoms with Crippen LogP contribution in [0, 0.1) is 5.92 Å². The molecule has 4 nitrogen and oxygen atoms in total. The van der Waals surface area contributed by atoms with E-state index in [2.05, 4.69) is 4.98 Å². The van der Waals surface area contributed by atoms with E-state index in [1.54, 1.807) is 4.90 Å². The number of aromatic nitrogens is 1. The maximum atomic E-state index is 12.7. The fraction of sp³-hybridized carbons (Fsp3) is 0.625. The monoisotopic (exact) mass is 328 g/mol. The predicted molar refractivity (Wildman–Crippen MR) is 76.8 cm³/mol. The average molecular weight is 328 g/mol. The third-order valence-corrected chi connectivity index (χ3v) is 4.51. The van der Waals surface area contributed by atoms with Crippen molar-refractivity contribution in [2.45, 2.75) is 44.4 Å². The van der Waals surface area contributed by atoms with Crippen molar-refractivity contribution in [3.63, 3.8) is 0 Å². The van der Waals surface area contributed by atoms with Crippen LogP contribution >= 0.6 is 0 Å². The first kappa shape index (κ1) is 16.1. The van der Waals surface area contributed by atoms with Crippen LogP contribution in [0.15, 0.2) is 18.3 Å². The van der Waals surface area contributed by atoms with Crippen molar-refractivity contribution in [1.29, 1.82) is 0 Å². The minimum Gasteiger partial charge on any atom is -0.472 e. The number of amides is 1. The lowest BCUT2D eigenvalue weighted by Gasteiger charge is -2.20. The third-order valence-electron chi connectivity index (χ3n) is 4.51. The summed E-state index contributed by atoms with van der Waals surface area (Å²) in [5.41, 5.74) is -0.778. The molecule has 0 N–H and O–H groups in total. The molecule has 0 spiro atoms. The molecule has 2 heterocycles. The van der Waals surface area contributed by atoms with Crippen LogP contribution in [0.1, 0.15) is 37.7 Å². The lowest BCUT2D eigenvalue weighted by Crippen LogP contribution is -2.34. The zero-order valence-corrected chi connectivity index (χ0v) is 12.7. The summed E-state index contributed by atoms with van der Waals surface area (Å²) in [5.74, 6) is 0.228. The first-order chi connectivity index (χ1) is 10.9. The van der Waals surface area contributed by atoms with E-state index in [4.69, 9.17) is 4.74 Å². The highest BCUT2D eigenvalue weighted by atomic mass is 19.4.